The summed E-state index contributed by atoms with van der Waals surface area (Å²) in [6.45, 7) is 0.750. The normalized spacial score (nSPS) is 11.0. The molecule has 0 fully saturated rings. The highest BCUT2D eigenvalue weighted by atomic mass is 35.5. The van der Waals surface area contributed by atoms with Crippen molar-refractivity contribution in [3.63, 3.8) is 0 Å². The largest absolute Gasteiger partial charge is 0.323 e. The average Bonchev–Trinajstić information content (AvgIpc) is 3.11. The van der Waals surface area contributed by atoms with Gasteiger partial charge in [-0.1, -0.05) is 65.8 Å². The fourth-order valence-electron chi connectivity index (χ4n) is 3.17. The summed E-state index contributed by atoms with van der Waals surface area (Å²) in [6, 6.07) is 22.3. The molecular formula is C23H19ClFN3OS. The van der Waals surface area contributed by atoms with Gasteiger partial charge in [0.1, 0.15) is 5.82 Å². The summed E-state index contributed by atoms with van der Waals surface area (Å²) in [6.07, 6.45) is 0.858. The van der Waals surface area contributed by atoms with Crippen molar-refractivity contribution in [2.45, 2.75) is 18.1 Å². The molecule has 7 heteroatoms. The van der Waals surface area contributed by atoms with Gasteiger partial charge in [0.05, 0.1) is 22.5 Å². The zero-order valence-electron chi connectivity index (χ0n) is 16.0. The number of fused-ring (bicyclic) bond motifs is 1. The number of amides is 1. The lowest BCUT2D eigenvalue weighted by molar-refractivity contribution is -0.113. The molecule has 0 aliphatic heterocycles. The third kappa shape index (κ3) is 4.83. The topological polar surface area (TPSA) is 46.9 Å². The second-order valence-electron chi connectivity index (χ2n) is 6.73. The molecule has 1 aromatic heterocycles. The number of benzene rings is 3. The van der Waals surface area contributed by atoms with Gasteiger partial charge in [0.2, 0.25) is 5.91 Å². The quantitative estimate of drug-likeness (QED) is 0.370. The molecule has 0 radical (unpaired) electrons. The standard InChI is InChI=1S/C23H19ClFN3OS/c24-17-10-11-19(18(25)14-17)26-22(29)15-30-23-27-20-8-4-5-9-21(20)28(23)13-12-16-6-2-1-3-7-16/h1-11,14H,12-13,15H2,(H,26,29). The number of nitrogens with zero attached hydrogens (tertiary/aromatic N) is 2. The lowest BCUT2D eigenvalue weighted by Crippen LogP contribution is -2.15. The van der Waals surface area contributed by atoms with Crippen LogP contribution in [0.25, 0.3) is 11.0 Å². The maximum atomic E-state index is 13.9. The van der Waals surface area contributed by atoms with Crippen LogP contribution in [0.3, 0.4) is 0 Å². The molecule has 1 N–H and O–H groups in total. The molecule has 4 nitrogen and oxygen atoms in total. The Labute approximate surface area is 183 Å². The van der Waals surface area contributed by atoms with E-state index in [-0.39, 0.29) is 22.4 Å². The van der Waals surface area contributed by atoms with E-state index in [1.807, 2.05) is 42.5 Å². The Hall–Kier alpha value is -2.83. The molecule has 4 aromatic rings. The van der Waals surface area contributed by atoms with Crippen LogP contribution in [-0.2, 0) is 17.8 Å². The van der Waals surface area contributed by atoms with Crippen molar-refractivity contribution in [1.82, 2.24) is 9.55 Å². The van der Waals surface area contributed by atoms with E-state index >= 15 is 0 Å². The minimum atomic E-state index is -0.559. The Morgan fingerprint density at radius 2 is 1.83 bits per heavy atom. The van der Waals surface area contributed by atoms with Gasteiger partial charge < -0.3 is 9.88 Å². The molecule has 4 rings (SSSR count). The Morgan fingerprint density at radius 3 is 2.63 bits per heavy atom. The number of rotatable bonds is 7. The third-order valence-corrected chi connectivity index (χ3v) is 5.84. The Bertz CT molecular complexity index is 1180. The van der Waals surface area contributed by atoms with Crippen molar-refractivity contribution in [2.24, 2.45) is 0 Å². The first-order valence-electron chi connectivity index (χ1n) is 9.47. The number of imidazole rings is 1. The van der Waals surface area contributed by atoms with Gasteiger partial charge in [-0.15, -0.1) is 0 Å². The molecular weight excluding hydrogens is 421 g/mol. The summed E-state index contributed by atoms with van der Waals surface area (Å²) in [4.78, 5) is 17.0. The number of anilines is 1. The highest BCUT2D eigenvalue weighted by Gasteiger charge is 2.14. The predicted molar refractivity (Wildman–Crippen MR) is 121 cm³/mol. The molecule has 3 aromatic carbocycles. The first-order chi connectivity index (χ1) is 14.6. The summed E-state index contributed by atoms with van der Waals surface area (Å²) in [7, 11) is 0. The molecule has 0 aliphatic rings. The van der Waals surface area contributed by atoms with E-state index in [1.54, 1.807) is 0 Å². The number of thioether (sulfide) groups is 1. The van der Waals surface area contributed by atoms with Gasteiger partial charge in [-0.05, 0) is 42.3 Å². The van der Waals surface area contributed by atoms with Crippen molar-refractivity contribution in [3.8, 4) is 0 Å². The van der Waals surface area contributed by atoms with Gasteiger partial charge in [0.25, 0.3) is 0 Å². The summed E-state index contributed by atoms with van der Waals surface area (Å²) < 4.78 is 16.0. The number of hydrogen-bond donors (Lipinski definition) is 1. The van der Waals surface area contributed by atoms with Gasteiger partial charge in [-0.2, -0.15) is 0 Å². The predicted octanol–water partition coefficient (Wildman–Crippen LogP) is 5.80. The van der Waals surface area contributed by atoms with Crippen LogP contribution in [0.2, 0.25) is 5.02 Å². The first kappa shape index (κ1) is 20.4. The maximum Gasteiger partial charge on any atom is 0.234 e. The number of aryl methyl sites for hydroxylation is 2. The van der Waals surface area contributed by atoms with Crippen LogP contribution in [0.1, 0.15) is 5.56 Å². The van der Waals surface area contributed by atoms with Gasteiger partial charge in [0, 0.05) is 11.6 Å². The first-order valence-corrected chi connectivity index (χ1v) is 10.8. The van der Waals surface area contributed by atoms with Crippen LogP contribution < -0.4 is 5.32 Å². The van der Waals surface area contributed by atoms with Gasteiger partial charge in [-0.25, -0.2) is 9.37 Å². The van der Waals surface area contributed by atoms with Gasteiger partial charge in [-0.3, -0.25) is 4.79 Å². The fraction of sp³-hybridized carbons (Fsp3) is 0.130. The zero-order chi connectivity index (χ0) is 20.9. The van der Waals surface area contributed by atoms with Crippen LogP contribution in [0.15, 0.2) is 78.0 Å². The smallest absolute Gasteiger partial charge is 0.234 e. The minimum absolute atomic E-state index is 0.114. The summed E-state index contributed by atoms with van der Waals surface area (Å²) >= 11 is 7.09. The molecule has 0 saturated heterocycles. The average molecular weight is 440 g/mol. The molecule has 1 heterocycles. The summed E-state index contributed by atoms with van der Waals surface area (Å²) in [5.41, 5.74) is 3.27. The van der Waals surface area contributed by atoms with E-state index in [0.717, 1.165) is 29.2 Å². The molecule has 0 aliphatic carbocycles. The van der Waals surface area contributed by atoms with Crippen LogP contribution in [0, 0.1) is 5.82 Å². The second kappa shape index (κ2) is 9.32. The minimum Gasteiger partial charge on any atom is -0.323 e. The number of hydrogen-bond acceptors (Lipinski definition) is 3. The number of carbonyl (C=O) groups is 1. The lowest BCUT2D eigenvalue weighted by atomic mass is 10.1. The molecule has 152 valence electrons. The van der Waals surface area contributed by atoms with Crippen molar-refractivity contribution in [3.05, 3.63) is 89.2 Å². The van der Waals surface area contributed by atoms with E-state index in [9.17, 15) is 9.18 Å². The molecule has 0 bridgehead atoms. The maximum absolute atomic E-state index is 13.9. The van der Waals surface area contributed by atoms with Crippen molar-refractivity contribution in [2.75, 3.05) is 11.1 Å². The molecule has 1 amide bonds. The number of nitrogens with one attached hydrogen (secondary N) is 1. The highest BCUT2D eigenvalue weighted by Crippen LogP contribution is 2.25. The molecule has 0 atom stereocenters. The van der Waals surface area contributed by atoms with E-state index < -0.39 is 5.82 Å². The van der Waals surface area contributed by atoms with Crippen molar-refractivity contribution < 1.29 is 9.18 Å². The Balaban J connectivity index is 1.48. The van der Waals surface area contributed by atoms with Gasteiger partial charge >= 0.3 is 0 Å². The monoisotopic (exact) mass is 439 g/mol. The van der Waals surface area contributed by atoms with E-state index in [4.69, 9.17) is 11.6 Å². The van der Waals surface area contributed by atoms with E-state index in [2.05, 4.69) is 27.0 Å². The number of para-hydroxylation sites is 2. The van der Waals surface area contributed by atoms with Crippen LogP contribution in [-0.4, -0.2) is 21.2 Å². The summed E-state index contributed by atoms with van der Waals surface area (Å²) in [5, 5.41) is 3.64. The molecule has 30 heavy (non-hydrogen) atoms. The lowest BCUT2D eigenvalue weighted by Gasteiger charge is -2.10. The fourth-order valence-corrected chi connectivity index (χ4v) is 4.17. The third-order valence-electron chi connectivity index (χ3n) is 4.62. The zero-order valence-corrected chi connectivity index (χ0v) is 17.6. The molecule has 0 saturated carbocycles. The number of carbonyl (C=O) groups excluding carboxylic acids is 1. The number of aromatic nitrogens is 2. The van der Waals surface area contributed by atoms with E-state index in [0.29, 0.717) is 0 Å². The Morgan fingerprint density at radius 1 is 1.07 bits per heavy atom. The van der Waals surface area contributed by atoms with E-state index in [1.165, 1.54) is 35.5 Å². The molecule has 0 unspecified atom stereocenters. The van der Waals surface area contributed by atoms with Crippen LogP contribution in [0.5, 0.6) is 0 Å². The SMILES string of the molecule is O=C(CSc1nc2ccccc2n1CCc1ccccc1)Nc1ccc(Cl)cc1F. The highest BCUT2D eigenvalue weighted by molar-refractivity contribution is 7.99. The van der Waals surface area contributed by atoms with Crippen molar-refractivity contribution >= 4 is 46.0 Å². The molecule has 0 spiro atoms. The summed E-state index contributed by atoms with van der Waals surface area (Å²) in [5.74, 6) is -0.740. The second-order valence-corrected chi connectivity index (χ2v) is 8.11. The van der Waals surface area contributed by atoms with Crippen LogP contribution in [0.4, 0.5) is 10.1 Å². The Kier molecular flexibility index (Phi) is 6.35. The van der Waals surface area contributed by atoms with Crippen LogP contribution >= 0.6 is 23.4 Å². The van der Waals surface area contributed by atoms with Gasteiger partial charge in [0.15, 0.2) is 5.16 Å². The van der Waals surface area contributed by atoms with Crippen molar-refractivity contribution in [1.29, 1.82) is 0 Å². The number of halogens is 2.